The van der Waals surface area contributed by atoms with Gasteiger partial charge in [-0.05, 0) is 12.1 Å². The first-order valence-electron chi connectivity index (χ1n) is 8.93. The van der Waals surface area contributed by atoms with Crippen molar-refractivity contribution in [1.82, 2.24) is 14.0 Å². The molecule has 0 spiro atoms. The van der Waals surface area contributed by atoms with E-state index in [0.717, 1.165) is 35.8 Å². The number of halogens is 5. The molecule has 0 saturated carbocycles. The summed E-state index contributed by atoms with van der Waals surface area (Å²) >= 11 is 6.91. The fourth-order valence-electron chi connectivity index (χ4n) is 2.99. The van der Waals surface area contributed by atoms with Crippen LogP contribution in [0.15, 0.2) is 32.8 Å². The van der Waals surface area contributed by atoms with Crippen LogP contribution in [0.5, 0.6) is 0 Å². The molecule has 1 aliphatic rings. The summed E-state index contributed by atoms with van der Waals surface area (Å²) in [4.78, 5) is 53.4. The van der Waals surface area contributed by atoms with Crippen LogP contribution in [0.1, 0.15) is 12.1 Å². The number of aromatic nitrogens is 2. The van der Waals surface area contributed by atoms with Crippen molar-refractivity contribution in [3.8, 4) is 5.69 Å². The van der Waals surface area contributed by atoms with Crippen LogP contribution < -0.4 is 17.0 Å². The summed E-state index contributed by atoms with van der Waals surface area (Å²) in [6, 6.07) is 1.78. The minimum absolute atomic E-state index is 0.0679. The monoisotopic (exact) mass is 507 g/mol. The number of amides is 2. The van der Waals surface area contributed by atoms with E-state index in [9.17, 15) is 36.7 Å². The van der Waals surface area contributed by atoms with Gasteiger partial charge in [-0.15, -0.1) is 0 Å². The maximum atomic E-state index is 14.6. The quantitative estimate of drug-likeness (QED) is 0.633. The SMILES string of the molecule is CN1C(=O)C(CC(N)=O)S/C1=N\c1cc(-n2c(=O)cc(C(F)(F)F)n(C)c2=O)c(F)cc1Cl. The number of primary amides is 1. The first-order valence-corrected chi connectivity index (χ1v) is 10.2. The van der Waals surface area contributed by atoms with Crippen LogP contribution in [-0.4, -0.2) is 43.3 Å². The van der Waals surface area contributed by atoms with E-state index in [1.807, 2.05) is 0 Å². The van der Waals surface area contributed by atoms with E-state index in [2.05, 4.69) is 4.99 Å². The first-order chi connectivity index (χ1) is 15.2. The number of rotatable bonds is 4. The van der Waals surface area contributed by atoms with Gasteiger partial charge in [-0.2, -0.15) is 13.2 Å². The van der Waals surface area contributed by atoms with E-state index in [0.29, 0.717) is 0 Å². The van der Waals surface area contributed by atoms with Gasteiger partial charge in [0, 0.05) is 26.6 Å². The standard InChI is InChI=1S/C18H14ClF4N5O4S/c1-26-12(18(21,22)23)6-14(30)28(17(26)32)10-4-9(7(19)3-8(10)20)25-16-27(2)15(31)11(33-16)5-13(24)29/h3-4,6,11H,5H2,1-2H3,(H2,24,29)/b25-16-. The van der Waals surface area contributed by atoms with E-state index in [-0.39, 0.29) is 37.5 Å². The lowest BCUT2D eigenvalue weighted by molar-refractivity contribution is -0.144. The molecule has 3 rings (SSSR count). The van der Waals surface area contributed by atoms with Gasteiger partial charge in [0.25, 0.3) is 5.56 Å². The summed E-state index contributed by atoms with van der Waals surface area (Å²) in [6.45, 7) is 0. The fraction of sp³-hybridized carbons (Fsp3) is 0.278. The Kier molecular flexibility index (Phi) is 6.44. The Bertz CT molecular complexity index is 1320. The molecule has 2 aromatic rings. The average Bonchev–Trinajstić information content (AvgIpc) is 2.94. The van der Waals surface area contributed by atoms with Crippen molar-refractivity contribution in [2.75, 3.05) is 7.05 Å². The molecule has 9 nitrogen and oxygen atoms in total. The largest absolute Gasteiger partial charge is 0.431 e. The third kappa shape index (κ3) is 4.66. The zero-order valence-electron chi connectivity index (χ0n) is 16.8. The van der Waals surface area contributed by atoms with Gasteiger partial charge in [-0.1, -0.05) is 23.4 Å². The molecule has 1 atom stereocenters. The van der Waals surface area contributed by atoms with Gasteiger partial charge in [0.2, 0.25) is 11.8 Å². The van der Waals surface area contributed by atoms with Crippen molar-refractivity contribution in [3.63, 3.8) is 0 Å². The van der Waals surface area contributed by atoms with Crippen LogP contribution in [-0.2, 0) is 22.8 Å². The Labute approximate surface area is 191 Å². The van der Waals surface area contributed by atoms with Crippen LogP contribution >= 0.6 is 23.4 Å². The number of carbonyl (C=O) groups is 2. The molecule has 33 heavy (non-hydrogen) atoms. The topological polar surface area (TPSA) is 120 Å². The van der Waals surface area contributed by atoms with Gasteiger partial charge >= 0.3 is 11.9 Å². The summed E-state index contributed by atoms with van der Waals surface area (Å²) in [5.41, 5.74) is -0.122. The van der Waals surface area contributed by atoms with Gasteiger partial charge in [0.15, 0.2) is 5.17 Å². The molecule has 1 aromatic carbocycles. The molecule has 15 heteroatoms. The summed E-state index contributed by atoms with van der Waals surface area (Å²) in [6.07, 6.45) is -5.24. The Balaban J connectivity index is 2.15. The van der Waals surface area contributed by atoms with Crippen LogP contribution in [0.4, 0.5) is 23.2 Å². The van der Waals surface area contributed by atoms with Gasteiger partial charge in [0.1, 0.15) is 16.8 Å². The lowest BCUT2D eigenvalue weighted by atomic mass is 10.2. The van der Waals surface area contributed by atoms with Crippen LogP contribution in [0, 0.1) is 5.82 Å². The van der Waals surface area contributed by atoms with Gasteiger partial charge < -0.3 is 5.73 Å². The Morgan fingerprint density at radius 2 is 1.85 bits per heavy atom. The molecule has 0 bridgehead atoms. The lowest BCUT2D eigenvalue weighted by Gasteiger charge is -2.15. The van der Waals surface area contributed by atoms with Crippen molar-refractivity contribution in [1.29, 1.82) is 0 Å². The highest BCUT2D eigenvalue weighted by molar-refractivity contribution is 8.15. The number of amidine groups is 1. The second-order valence-electron chi connectivity index (χ2n) is 6.87. The maximum absolute atomic E-state index is 14.6. The van der Waals surface area contributed by atoms with E-state index in [1.165, 1.54) is 7.05 Å². The summed E-state index contributed by atoms with van der Waals surface area (Å²) in [5.74, 6) is -2.35. The minimum Gasteiger partial charge on any atom is -0.370 e. The molecular formula is C18H14ClF4N5O4S. The maximum Gasteiger partial charge on any atom is 0.431 e. The van der Waals surface area contributed by atoms with Crippen LogP contribution in [0.2, 0.25) is 5.02 Å². The number of carbonyl (C=O) groups excluding carboxylic acids is 2. The van der Waals surface area contributed by atoms with Gasteiger partial charge in [-0.25, -0.2) is 18.7 Å². The lowest BCUT2D eigenvalue weighted by Crippen LogP contribution is -2.41. The highest BCUT2D eigenvalue weighted by Crippen LogP contribution is 2.35. The van der Waals surface area contributed by atoms with Gasteiger partial charge in [-0.3, -0.25) is 23.9 Å². The third-order valence-corrected chi connectivity index (χ3v) is 6.14. The van der Waals surface area contributed by atoms with E-state index >= 15 is 0 Å². The third-order valence-electron chi connectivity index (χ3n) is 4.61. The molecule has 1 aliphatic heterocycles. The normalized spacial score (nSPS) is 17.8. The molecule has 176 valence electrons. The Morgan fingerprint density at radius 1 is 1.21 bits per heavy atom. The Morgan fingerprint density at radius 3 is 2.42 bits per heavy atom. The number of hydrogen-bond acceptors (Lipinski definition) is 6. The number of nitrogens with two attached hydrogens (primary N) is 1. The van der Waals surface area contributed by atoms with Gasteiger partial charge in [0.05, 0.1) is 16.4 Å². The first kappa shape index (κ1) is 24.5. The number of benzene rings is 1. The van der Waals surface area contributed by atoms with Crippen molar-refractivity contribution in [3.05, 3.63) is 55.6 Å². The van der Waals surface area contributed by atoms with Crippen LogP contribution in [0.3, 0.4) is 0 Å². The molecule has 1 fully saturated rings. The zero-order chi connectivity index (χ0) is 24.8. The highest BCUT2D eigenvalue weighted by atomic mass is 35.5. The second kappa shape index (κ2) is 8.67. The molecule has 0 aliphatic carbocycles. The van der Waals surface area contributed by atoms with Crippen molar-refractivity contribution in [2.45, 2.75) is 17.8 Å². The summed E-state index contributed by atoms with van der Waals surface area (Å²) in [7, 11) is 2.15. The van der Waals surface area contributed by atoms with Crippen molar-refractivity contribution >= 4 is 46.0 Å². The fourth-order valence-corrected chi connectivity index (χ4v) is 4.34. The number of thioether (sulfide) groups is 1. The molecular weight excluding hydrogens is 494 g/mol. The summed E-state index contributed by atoms with van der Waals surface area (Å²) < 4.78 is 54.2. The molecule has 0 radical (unpaired) electrons. The Hall–Kier alpha value is -3.13. The smallest absolute Gasteiger partial charge is 0.370 e. The molecule has 1 aromatic heterocycles. The highest BCUT2D eigenvalue weighted by Gasteiger charge is 2.37. The molecule has 2 N–H and O–H groups in total. The average molecular weight is 508 g/mol. The van der Waals surface area contributed by atoms with E-state index in [4.69, 9.17) is 17.3 Å². The van der Waals surface area contributed by atoms with E-state index in [1.54, 1.807) is 0 Å². The van der Waals surface area contributed by atoms with Crippen LogP contribution in [0.25, 0.3) is 5.69 Å². The predicted octanol–water partition coefficient (Wildman–Crippen LogP) is 1.78. The number of aliphatic imine (C=N–C) groups is 1. The zero-order valence-corrected chi connectivity index (χ0v) is 18.4. The minimum atomic E-state index is -4.99. The molecule has 1 saturated heterocycles. The molecule has 2 heterocycles. The number of nitrogens with zero attached hydrogens (tertiary/aromatic N) is 4. The summed E-state index contributed by atoms with van der Waals surface area (Å²) in [5, 5.41) is -1.03. The number of hydrogen-bond donors (Lipinski definition) is 1. The van der Waals surface area contributed by atoms with Crippen molar-refractivity contribution in [2.24, 2.45) is 17.8 Å². The van der Waals surface area contributed by atoms with E-state index < -0.39 is 51.7 Å². The number of alkyl halides is 3. The molecule has 1 unspecified atom stereocenters. The second-order valence-corrected chi connectivity index (χ2v) is 8.44. The molecule has 2 amide bonds. The predicted molar refractivity (Wildman–Crippen MR) is 112 cm³/mol. The van der Waals surface area contributed by atoms with Crippen molar-refractivity contribution < 1.29 is 27.2 Å².